The Labute approximate surface area is 168 Å². The number of rotatable bonds is 5. The van der Waals surface area contributed by atoms with Gasteiger partial charge in [-0.2, -0.15) is 0 Å². The number of carbonyl (C=O) groups excluding carboxylic acids is 2. The number of aryl methyl sites for hydroxylation is 2. The van der Waals surface area contributed by atoms with Crippen LogP contribution in [0.25, 0.3) is 0 Å². The van der Waals surface area contributed by atoms with Crippen LogP contribution in [0.1, 0.15) is 60.0 Å². The highest BCUT2D eigenvalue weighted by Gasteiger charge is 2.27. The molecule has 2 amide bonds. The quantitative estimate of drug-likeness (QED) is 0.843. The Bertz CT molecular complexity index is 690. The molecule has 2 heterocycles. The van der Waals surface area contributed by atoms with Gasteiger partial charge in [-0.25, -0.2) is 0 Å². The zero-order valence-corrected chi connectivity index (χ0v) is 17.2. The lowest BCUT2D eigenvalue weighted by atomic mass is 9.99. The minimum absolute atomic E-state index is 0.0392. The van der Waals surface area contributed by atoms with E-state index in [-0.39, 0.29) is 24.5 Å². The van der Waals surface area contributed by atoms with E-state index in [2.05, 4.69) is 0 Å². The highest BCUT2D eigenvalue weighted by atomic mass is 16.5. The van der Waals surface area contributed by atoms with Crippen molar-refractivity contribution < 1.29 is 14.3 Å². The smallest absolute Gasteiger partial charge is 0.260 e. The van der Waals surface area contributed by atoms with Gasteiger partial charge in [0.15, 0.2) is 6.61 Å². The second kappa shape index (κ2) is 9.41. The van der Waals surface area contributed by atoms with E-state index < -0.39 is 0 Å². The zero-order valence-electron chi connectivity index (χ0n) is 17.2. The Morgan fingerprint density at radius 1 is 1.04 bits per heavy atom. The molecule has 0 spiro atoms. The van der Waals surface area contributed by atoms with Crippen LogP contribution in [0.15, 0.2) is 12.1 Å². The van der Waals surface area contributed by atoms with Crippen LogP contribution in [0.5, 0.6) is 5.75 Å². The second-order valence-electron chi connectivity index (χ2n) is 8.05. The van der Waals surface area contributed by atoms with Crippen molar-refractivity contribution in [2.45, 2.75) is 58.4 Å². The van der Waals surface area contributed by atoms with Crippen LogP contribution in [0, 0.1) is 13.8 Å². The fourth-order valence-electron chi connectivity index (χ4n) is 4.35. The molecular weight excluding hydrogens is 354 g/mol. The van der Waals surface area contributed by atoms with E-state index in [0.29, 0.717) is 17.9 Å². The summed E-state index contributed by atoms with van der Waals surface area (Å²) in [6, 6.07) is 3.87. The Kier molecular flexibility index (Phi) is 6.94. The molecule has 1 aromatic rings. The number of hydrogen-bond acceptors (Lipinski definition) is 4. The molecule has 6 heteroatoms. The van der Waals surface area contributed by atoms with Gasteiger partial charge in [0.2, 0.25) is 0 Å². The first-order valence-corrected chi connectivity index (χ1v) is 10.5. The Morgan fingerprint density at radius 3 is 2.32 bits per heavy atom. The van der Waals surface area contributed by atoms with E-state index in [4.69, 9.17) is 10.5 Å². The molecule has 6 nitrogen and oxygen atoms in total. The lowest BCUT2D eigenvalue weighted by molar-refractivity contribution is -0.134. The van der Waals surface area contributed by atoms with E-state index >= 15 is 0 Å². The predicted molar refractivity (Wildman–Crippen MR) is 110 cm³/mol. The third kappa shape index (κ3) is 4.66. The number of nitrogens with two attached hydrogens (primary N) is 1. The Morgan fingerprint density at radius 2 is 1.68 bits per heavy atom. The topological polar surface area (TPSA) is 75.9 Å². The van der Waals surface area contributed by atoms with E-state index in [1.807, 2.05) is 35.8 Å². The van der Waals surface area contributed by atoms with Gasteiger partial charge in [0.25, 0.3) is 11.8 Å². The lowest BCUT2D eigenvalue weighted by Crippen LogP contribution is -2.47. The van der Waals surface area contributed by atoms with E-state index in [1.54, 1.807) is 0 Å². The zero-order chi connectivity index (χ0) is 20.1. The van der Waals surface area contributed by atoms with Gasteiger partial charge < -0.3 is 20.3 Å². The van der Waals surface area contributed by atoms with Gasteiger partial charge in [-0.1, -0.05) is 0 Å². The summed E-state index contributed by atoms with van der Waals surface area (Å²) in [5.74, 6) is 0.783. The molecule has 1 atom stereocenters. The van der Waals surface area contributed by atoms with E-state index in [1.165, 1.54) is 6.42 Å². The third-order valence-electron chi connectivity index (χ3n) is 5.92. The summed E-state index contributed by atoms with van der Waals surface area (Å²) in [6.07, 6.45) is 6.46. The molecule has 2 N–H and O–H groups in total. The number of benzene rings is 1. The monoisotopic (exact) mass is 387 g/mol. The van der Waals surface area contributed by atoms with Gasteiger partial charge in [0.05, 0.1) is 0 Å². The maximum Gasteiger partial charge on any atom is 0.260 e. The summed E-state index contributed by atoms with van der Waals surface area (Å²) in [6.45, 7) is 6.83. The molecule has 0 aliphatic carbocycles. The average molecular weight is 388 g/mol. The summed E-state index contributed by atoms with van der Waals surface area (Å²) in [4.78, 5) is 29.2. The van der Waals surface area contributed by atoms with Crippen molar-refractivity contribution in [3.63, 3.8) is 0 Å². The van der Waals surface area contributed by atoms with Crippen LogP contribution >= 0.6 is 0 Å². The van der Waals surface area contributed by atoms with Crippen molar-refractivity contribution in [2.24, 2.45) is 5.73 Å². The van der Waals surface area contributed by atoms with Crippen molar-refractivity contribution in [1.82, 2.24) is 9.80 Å². The Hall–Kier alpha value is -2.08. The molecule has 2 aliphatic rings. The highest BCUT2D eigenvalue weighted by Crippen LogP contribution is 2.27. The lowest BCUT2D eigenvalue weighted by Gasteiger charge is -2.35. The summed E-state index contributed by atoms with van der Waals surface area (Å²) < 4.78 is 5.87. The largest absolute Gasteiger partial charge is 0.483 e. The summed E-state index contributed by atoms with van der Waals surface area (Å²) >= 11 is 0. The fraction of sp³-hybridized carbons (Fsp3) is 0.636. The maximum atomic E-state index is 13.0. The average Bonchev–Trinajstić information content (AvgIpc) is 2.72. The van der Waals surface area contributed by atoms with Crippen LogP contribution in [-0.2, 0) is 4.79 Å². The molecule has 28 heavy (non-hydrogen) atoms. The van der Waals surface area contributed by atoms with Crippen molar-refractivity contribution in [2.75, 3.05) is 32.8 Å². The minimum Gasteiger partial charge on any atom is -0.483 e. The van der Waals surface area contributed by atoms with Crippen molar-refractivity contribution in [3.8, 4) is 5.75 Å². The summed E-state index contributed by atoms with van der Waals surface area (Å²) in [5, 5.41) is 0. The third-order valence-corrected chi connectivity index (χ3v) is 5.92. The first kappa shape index (κ1) is 20.6. The van der Waals surface area contributed by atoms with Gasteiger partial charge in [0, 0.05) is 37.8 Å². The molecule has 3 rings (SSSR count). The predicted octanol–water partition coefficient (Wildman–Crippen LogP) is 2.65. The van der Waals surface area contributed by atoms with Crippen LogP contribution in [-0.4, -0.2) is 60.4 Å². The number of carbonyl (C=O) groups is 2. The number of amides is 2. The second-order valence-corrected chi connectivity index (χ2v) is 8.05. The fourth-order valence-corrected chi connectivity index (χ4v) is 4.35. The number of likely N-dealkylation sites (tertiary alicyclic amines) is 2. The van der Waals surface area contributed by atoms with Crippen LogP contribution < -0.4 is 10.5 Å². The minimum atomic E-state index is 0.0392. The SMILES string of the molecule is Cc1cc(C(=O)N2CCCCC2CN)cc(C)c1OCC(=O)N1CCCCC1. The number of piperidine rings is 2. The van der Waals surface area contributed by atoms with Crippen molar-refractivity contribution >= 4 is 11.8 Å². The molecule has 2 saturated heterocycles. The van der Waals surface area contributed by atoms with Gasteiger partial charge in [-0.15, -0.1) is 0 Å². The van der Waals surface area contributed by atoms with Gasteiger partial charge >= 0.3 is 0 Å². The molecule has 1 unspecified atom stereocenters. The first-order chi connectivity index (χ1) is 13.5. The number of hydrogen-bond donors (Lipinski definition) is 1. The molecule has 2 fully saturated rings. The number of ether oxygens (including phenoxy) is 1. The van der Waals surface area contributed by atoms with Crippen molar-refractivity contribution in [1.29, 1.82) is 0 Å². The number of nitrogens with zero attached hydrogens (tertiary/aromatic N) is 2. The van der Waals surface area contributed by atoms with Crippen LogP contribution in [0.3, 0.4) is 0 Å². The van der Waals surface area contributed by atoms with Crippen molar-refractivity contribution in [3.05, 3.63) is 28.8 Å². The molecule has 0 bridgehead atoms. The Balaban J connectivity index is 1.68. The standard InChI is InChI=1S/C22H33N3O3/c1-16-12-18(22(27)25-11-7-4-8-19(25)14-23)13-17(2)21(16)28-15-20(26)24-9-5-3-6-10-24/h12-13,19H,3-11,14-15,23H2,1-2H3. The van der Waals surface area contributed by atoms with E-state index in [9.17, 15) is 9.59 Å². The molecule has 154 valence electrons. The summed E-state index contributed by atoms with van der Waals surface area (Å²) in [5.41, 5.74) is 8.31. The molecular formula is C22H33N3O3. The normalized spacial score (nSPS) is 20.2. The molecule has 0 radical (unpaired) electrons. The van der Waals surface area contributed by atoms with E-state index in [0.717, 1.165) is 62.9 Å². The van der Waals surface area contributed by atoms with Crippen LogP contribution in [0.2, 0.25) is 0 Å². The van der Waals surface area contributed by atoms with Gasteiger partial charge in [-0.3, -0.25) is 9.59 Å². The molecule has 0 saturated carbocycles. The van der Waals surface area contributed by atoms with Crippen LogP contribution in [0.4, 0.5) is 0 Å². The molecule has 2 aliphatic heterocycles. The molecule has 0 aromatic heterocycles. The maximum absolute atomic E-state index is 13.0. The highest BCUT2D eigenvalue weighted by molar-refractivity contribution is 5.95. The molecule has 1 aromatic carbocycles. The first-order valence-electron chi connectivity index (χ1n) is 10.5. The van der Waals surface area contributed by atoms with Gasteiger partial charge in [0.1, 0.15) is 5.75 Å². The van der Waals surface area contributed by atoms with Gasteiger partial charge in [-0.05, 0) is 75.6 Å². The summed E-state index contributed by atoms with van der Waals surface area (Å²) in [7, 11) is 0.